The van der Waals surface area contributed by atoms with Crippen LogP contribution in [0.3, 0.4) is 0 Å². The third-order valence-corrected chi connectivity index (χ3v) is 5.82. The molecule has 1 aliphatic carbocycles. The van der Waals surface area contributed by atoms with E-state index in [4.69, 9.17) is 9.47 Å². The highest BCUT2D eigenvalue weighted by Crippen LogP contribution is 2.27. The van der Waals surface area contributed by atoms with Crippen LogP contribution in [0, 0.1) is 6.92 Å². The van der Waals surface area contributed by atoms with Crippen molar-refractivity contribution in [1.82, 2.24) is 15.0 Å². The summed E-state index contributed by atoms with van der Waals surface area (Å²) in [5, 5.41) is 7.62. The number of amidine groups is 1. The SMILES string of the molecule is CC[C@H](C)OC(=NC)Nc1ccc2ncnc(NC3=CC=C(Oc4ccc(C)nc4)C(C)=CC3)c2c1. The molecule has 0 unspecified atom stereocenters. The predicted octanol–water partition coefficient (Wildman–Crippen LogP) is 6.15. The number of nitrogens with zero attached hydrogens (tertiary/aromatic N) is 4. The second-order valence-corrected chi connectivity index (χ2v) is 8.62. The van der Waals surface area contributed by atoms with Gasteiger partial charge in [-0.15, -0.1) is 0 Å². The van der Waals surface area contributed by atoms with Crippen molar-refractivity contribution in [2.75, 3.05) is 17.7 Å². The fourth-order valence-corrected chi connectivity index (χ4v) is 3.51. The Hall–Kier alpha value is -4.20. The van der Waals surface area contributed by atoms with E-state index in [0.717, 1.165) is 51.6 Å². The second kappa shape index (κ2) is 11.5. The van der Waals surface area contributed by atoms with Crippen LogP contribution in [0.25, 0.3) is 10.9 Å². The van der Waals surface area contributed by atoms with Crippen molar-refractivity contribution >= 4 is 28.4 Å². The molecule has 1 atom stereocenters. The maximum Gasteiger partial charge on any atom is 0.289 e. The molecule has 1 aromatic carbocycles. The van der Waals surface area contributed by atoms with Crippen LogP contribution >= 0.6 is 0 Å². The lowest BCUT2D eigenvalue weighted by Crippen LogP contribution is -2.21. The lowest BCUT2D eigenvalue weighted by molar-refractivity contribution is 0.203. The summed E-state index contributed by atoms with van der Waals surface area (Å²) < 4.78 is 11.9. The summed E-state index contributed by atoms with van der Waals surface area (Å²) in [6, 6.07) is 10.2. The number of allylic oxidation sites excluding steroid dienone is 4. The first kappa shape index (κ1) is 24.9. The summed E-state index contributed by atoms with van der Waals surface area (Å²) in [6.45, 7) is 8.08. The maximum atomic E-state index is 6.07. The number of pyridine rings is 1. The van der Waals surface area contributed by atoms with Gasteiger partial charge < -0.3 is 20.1 Å². The Labute approximate surface area is 211 Å². The van der Waals surface area contributed by atoms with Gasteiger partial charge in [-0.25, -0.2) is 15.0 Å². The third kappa shape index (κ3) is 6.27. The highest BCUT2D eigenvalue weighted by atomic mass is 16.5. The molecule has 0 bridgehead atoms. The summed E-state index contributed by atoms with van der Waals surface area (Å²) in [6.07, 6.45) is 11.1. The molecule has 8 heteroatoms. The van der Waals surface area contributed by atoms with Crippen LogP contribution in [0.1, 0.15) is 39.3 Å². The molecular formula is C28H32N6O2. The van der Waals surface area contributed by atoms with Gasteiger partial charge in [0.1, 0.15) is 23.7 Å². The third-order valence-electron chi connectivity index (χ3n) is 5.82. The van der Waals surface area contributed by atoms with Crippen LogP contribution in [-0.4, -0.2) is 34.1 Å². The highest BCUT2D eigenvalue weighted by molar-refractivity contribution is 5.96. The Morgan fingerprint density at radius 1 is 1.11 bits per heavy atom. The van der Waals surface area contributed by atoms with E-state index < -0.39 is 0 Å². The maximum absolute atomic E-state index is 6.07. The van der Waals surface area contributed by atoms with E-state index in [2.05, 4.69) is 43.6 Å². The molecule has 0 saturated carbocycles. The number of fused-ring (bicyclic) bond motifs is 1. The smallest absolute Gasteiger partial charge is 0.289 e. The van der Waals surface area contributed by atoms with Crippen LogP contribution < -0.4 is 15.4 Å². The molecule has 2 N–H and O–H groups in total. The molecule has 0 amide bonds. The number of rotatable bonds is 7. The molecule has 8 nitrogen and oxygen atoms in total. The van der Waals surface area contributed by atoms with Gasteiger partial charge in [0, 0.05) is 35.9 Å². The number of aryl methyl sites for hydroxylation is 1. The standard InChI is InChI=1S/C28H32N6O2/c1-6-20(4)35-28(29-5)34-22-10-13-25-24(15-22)27(32-17-31-25)33-21-9-7-18(2)26(14-11-21)36-23-12-8-19(3)30-16-23/h7-8,10-17,20H,6,9H2,1-5H3,(H,29,34)(H,31,32,33)/t20-/m0/s1. The average molecular weight is 485 g/mol. The minimum Gasteiger partial charge on any atom is -0.462 e. The molecule has 0 aliphatic heterocycles. The molecule has 0 spiro atoms. The molecule has 0 saturated heterocycles. The zero-order chi connectivity index (χ0) is 25.5. The summed E-state index contributed by atoms with van der Waals surface area (Å²) in [4.78, 5) is 17.5. The van der Waals surface area contributed by atoms with E-state index in [1.807, 2.05) is 63.3 Å². The molecule has 4 rings (SSSR count). The number of benzene rings is 1. The Bertz CT molecular complexity index is 1340. The van der Waals surface area contributed by atoms with Gasteiger partial charge in [-0.2, -0.15) is 0 Å². The first-order valence-electron chi connectivity index (χ1n) is 12.1. The first-order chi connectivity index (χ1) is 17.4. The van der Waals surface area contributed by atoms with Gasteiger partial charge in [0.15, 0.2) is 0 Å². The number of aliphatic imine (C=N–C) groups is 1. The van der Waals surface area contributed by atoms with Crippen LogP contribution in [0.4, 0.5) is 11.5 Å². The molecule has 1 aliphatic rings. The van der Waals surface area contributed by atoms with E-state index in [0.29, 0.717) is 18.2 Å². The van der Waals surface area contributed by atoms with Crippen molar-refractivity contribution < 1.29 is 9.47 Å². The van der Waals surface area contributed by atoms with E-state index in [-0.39, 0.29) is 6.10 Å². The largest absolute Gasteiger partial charge is 0.462 e. The average Bonchev–Trinajstić information content (AvgIpc) is 3.06. The number of anilines is 2. The van der Waals surface area contributed by atoms with Crippen molar-refractivity contribution in [2.24, 2.45) is 4.99 Å². The van der Waals surface area contributed by atoms with Crippen LogP contribution in [0.5, 0.6) is 5.75 Å². The number of aromatic nitrogens is 3. The van der Waals surface area contributed by atoms with Gasteiger partial charge in [-0.3, -0.25) is 4.98 Å². The van der Waals surface area contributed by atoms with Gasteiger partial charge in [-0.05, 0) is 75.2 Å². The Balaban J connectivity index is 1.55. The molecule has 0 radical (unpaired) electrons. The first-order valence-corrected chi connectivity index (χ1v) is 12.1. The fourth-order valence-electron chi connectivity index (χ4n) is 3.51. The van der Waals surface area contributed by atoms with Crippen LogP contribution in [0.2, 0.25) is 0 Å². The minimum atomic E-state index is 0.0695. The summed E-state index contributed by atoms with van der Waals surface area (Å²) in [5.74, 6) is 2.21. The van der Waals surface area contributed by atoms with Crippen LogP contribution in [0.15, 0.2) is 83.1 Å². The van der Waals surface area contributed by atoms with Crippen molar-refractivity contribution in [3.63, 3.8) is 0 Å². The molecule has 3 aromatic rings. The number of hydrogen-bond acceptors (Lipinski definition) is 7. The molecular weight excluding hydrogens is 452 g/mol. The minimum absolute atomic E-state index is 0.0695. The topological polar surface area (TPSA) is 93.5 Å². The zero-order valence-corrected chi connectivity index (χ0v) is 21.4. The Kier molecular flexibility index (Phi) is 7.95. The van der Waals surface area contributed by atoms with Gasteiger partial charge in [0.25, 0.3) is 6.02 Å². The zero-order valence-electron chi connectivity index (χ0n) is 21.4. The molecule has 2 heterocycles. The van der Waals surface area contributed by atoms with E-state index in [9.17, 15) is 0 Å². The molecule has 2 aromatic heterocycles. The monoisotopic (exact) mass is 484 g/mol. The van der Waals surface area contributed by atoms with Crippen molar-refractivity contribution in [2.45, 2.75) is 46.6 Å². The Morgan fingerprint density at radius 3 is 2.72 bits per heavy atom. The fraction of sp³-hybridized carbons (Fsp3) is 0.286. The Morgan fingerprint density at radius 2 is 1.97 bits per heavy atom. The lowest BCUT2D eigenvalue weighted by Gasteiger charge is -2.16. The van der Waals surface area contributed by atoms with Gasteiger partial charge in [-0.1, -0.05) is 13.0 Å². The lowest BCUT2D eigenvalue weighted by atomic mass is 10.2. The van der Waals surface area contributed by atoms with E-state index in [1.165, 1.54) is 0 Å². The molecule has 36 heavy (non-hydrogen) atoms. The van der Waals surface area contributed by atoms with Crippen molar-refractivity contribution in [3.8, 4) is 5.75 Å². The summed E-state index contributed by atoms with van der Waals surface area (Å²) in [5.41, 5.74) is 4.67. The van der Waals surface area contributed by atoms with Gasteiger partial charge >= 0.3 is 0 Å². The van der Waals surface area contributed by atoms with Crippen LogP contribution in [-0.2, 0) is 4.74 Å². The molecule has 186 valence electrons. The number of hydrogen-bond donors (Lipinski definition) is 2. The van der Waals surface area contributed by atoms with Crippen molar-refractivity contribution in [3.05, 3.63) is 83.8 Å². The predicted molar refractivity (Wildman–Crippen MR) is 145 cm³/mol. The normalized spacial score (nSPS) is 14.8. The summed E-state index contributed by atoms with van der Waals surface area (Å²) in [7, 11) is 1.71. The van der Waals surface area contributed by atoms with Gasteiger partial charge in [0.05, 0.1) is 17.8 Å². The highest BCUT2D eigenvalue weighted by Gasteiger charge is 2.12. The van der Waals surface area contributed by atoms with E-state index >= 15 is 0 Å². The van der Waals surface area contributed by atoms with Gasteiger partial charge in [0.2, 0.25) is 0 Å². The van der Waals surface area contributed by atoms with Crippen molar-refractivity contribution in [1.29, 1.82) is 0 Å². The quantitative estimate of drug-likeness (QED) is 0.307. The van der Waals surface area contributed by atoms with E-state index in [1.54, 1.807) is 19.6 Å². The second-order valence-electron chi connectivity index (χ2n) is 8.62. The number of ether oxygens (including phenoxy) is 2. The number of nitrogens with one attached hydrogen (secondary N) is 2. The molecule has 0 fully saturated rings. The summed E-state index contributed by atoms with van der Waals surface area (Å²) >= 11 is 0.